The van der Waals surface area contributed by atoms with Gasteiger partial charge in [0.05, 0.1) is 13.7 Å². The number of fused-ring (bicyclic) bond motifs is 1. The van der Waals surface area contributed by atoms with Crippen LogP contribution in [0.3, 0.4) is 0 Å². The van der Waals surface area contributed by atoms with E-state index in [0.29, 0.717) is 5.02 Å². The fourth-order valence-electron chi connectivity index (χ4n) is 4.68. The molecule has 2 saturated heterocycles. The highest BCUT2D eigenvalue weighted by Crippen LogP contribution is 2.35. The molecule has 8 nitrogen and oxygen atoms in total. The third kappa shape index (κ3) is 4.87. The minimum Gasteiger partial charge on any atom is -0.495 e. The van der Waals surface area contributed by atoms with Crippen LogP contribution in [0.4, 0.5) is 0 Å². The summed E-state index contributed by atoms with van der Waals surface area (Å²) in [5.41, 5.74) is 0.821. The van der Waals surface area contributed by atoms with Gasteiger partial charge in [-0.25, -0.2) is 8.42 Å². The van der Waals surface area contributed by atoms with Crippen LogP contribution in [0, 0.1) is 0 Å². The molecule has 0 spiro atoms. The molecule has 0 bridgehead atoms. The minimum atomic E-state index is -4.12. The van der Waals surface area contributed by atoms with Gasteiger partial charge < -0.3 is 14.5 Å². The van der Waals surface area contributed by atoms with E-state index in [1.165, 1.54) is 28.4 Å². The SMILES string of the molecule is COc1ccc(Cl)cc1S(=O)(=O)N1CCC(=O)N2C(Cc3ccc(Cl)cc3)C(=O)N(C(C)C)CC21. The van der Waals surface area contributed by atoms with Crippen molar-refractivity contribution < 1.29 is 22.7 Å². The Hall–Kier alpha value is -2.33. The van der Waals surface area contributed by atoms with Crippen molar-refractivity contribution in [2.75, 3.05) is 20.2 Å². The van der Waals surface area contributed by atoms with Gasteiger partial charge in [-0.2, -0.15) is 4.31 Å². The minimum absolute atomic E-state index is 0.00814. The zero-order chi connectivity index (χ0) is 25.5. The van der Waals surface area contributed by atoms with Gasteiger partial charge in [-0.05, 0) is 49.7 Å². The Bertz CT molecular complexity index is 1240. The average molecular weight is 540 g/mol. The molecular formula is C24H27Cl2N3O5S. The molecule has 2 aromatic rings. The molecule has 2 amide bonds. The predicted octanol–water partition coefficient (Wildman–Crippen LogP) is 3.41. The van der Waals surface area contributed by atoms with E-state index >= 15 is 0 Å². The lowest BCUT2D eigenvalue weighted by Crippen LogP contribution is -2.72. The summed E-state index contributed by atoms with van der Waals surface area (Å²) in [6.07, 6.45) is -0.650. The van der Waals surface area contributed by atoms with Crippen molar-refractivity contribution in [2.24, 2.45) is 0 Å². The summed E-state index contributed by atoms with van der Waals surface area (Å²) in [7, 11) is -2.73. The first-order valence-electron chi connectivity index (χ1n) is 11.3. The number of halogens is 2. The Kier molecular flexibility index (Phi) is 7.33. The molecule has 11 heteroatoms. The molecular weight excluding hydrogens is 513 g/mol. The van der Waals surface area contributed by atoms with Gasteiger partial charge in [-0.1, -0.05) is 35.3 Å². The maximum Gasteiger partial charge on any atom is 0.248 e. The van der Waals surface area contributed by atoms with E-state index in [1.54, 1.807) is 35.2 Å². The third-order valence-electron chi connectivity index (χ3n) is 6.43. The second-order valence-electron chi connectivity index (χ2n) is 8.87. The lowest BCUT2D eigenvalue weighted by atomic mass is 9.97. The first-order valence-corrected chi connectivity index (χ1v) is 13.5. The standard InChI is InChI=1S/C24H27Cl2N3O5S/c1-15(2)27-14-22-28(35(32,33)21-13-18(26)8-9-20(21)34-3)11-10-23(30)29(22)19(24(27)31)12-16-4-6-17(25)7-5-16/h4-9,13,15,19,22H,10-12,14H2,1-3H3. The van der Waals surface area contributed by atoms with Crippen molar-refractivity contribution in [1.29, 1.82) is 0 Å². The van der Waals surface area contributed by atoms with Crippen LogP contribution in [-0.4, -0.2) is 72.8 Å². The van der Waals surface area contributed by atoms with Crippen LogP contribution in [-0.2, 0) is 26.0 Å². The number of methoxy groups -OCH3 is 1. The highest BCUT2D eigenvalue weighted by Gasteiger charge is 2.51. The van der Waals surface area contributed by atoms with Crippen LogP contribution in [0.15, 0.2) is 47.4 Å². The van der Waals surface area contributed by atoms with E-state index in [-0.39, 0.29) is 59.5 Å². The second-order valence-corrected chi connectivity index (χ2v) is 11.6. The molecule has 2 aliphatic heterocycles. The van der Waals surface area contributed by atoms with Gasteiger partial charge in [0, 0.05) is 35.5 Å². The van der Waals surface area contributed by atoms with E-state index in [1.807, 2.05) is 13.8 Å². The summed E-state index contributed by atoms with van der Waals surface area (Å²) in [5, 5.41) is 0.810. The number of nitrogens with zero attached hydrogens (tertiary/aromatic N) is 3. The monoisotopic (exact) mass is 539 g/mol. The topological polar surface area (TPSA) is 87.2 Å². The van der Waals surface area contributed by atoms with Gasteiger partial charge >= 0.3 is 0 Å². The Labute approximate surface area is 215 Å². The van der Waals surface area contributed by atoms with Gasteiger partial charge in [-0.3, -0.25) is 9.59 Å². The van der Waals surface area contributed by atoms with Crippen LogP contribution in [0.25, 0.3) is 0 Å². The van der Waals surface area contributed by atoms with Crippen molar-refractivity contribution in [3.8, 4) is 5.75 Å². The first kappa shape index (κ1) is 25.8. The number of sulfonamides is 1. The lowest BCUT2D eigenvalue weighted by Gasteiger charge is -2.52. The molecule has 0 radical (unpaired) electrons. The van der Waals surface area contributed by atoms with Crippen molar-refractivity contribution >= 4 is 45.0 Å². The first-order chi connectivity index (χ1) is 16.5. The Balaban J connectivity index is 1.78. The number of hydrogen-bond acceptors (Lipinski definition) is 5. The van der Waals surface area contributed by atoms with Crippen LogP contribution >= 0.6 is 23.2 Å². The molecule has 0 N–H and O–H groups in total. The highest BCUT2D eigenvalue weighted by molar-refractivity contribution is 7.89. The van der Waals surface area contributed by atoms with Crippen LogP contribution < -0.4 is 4.74 Å². The van der Waals surface area contributed by atoms with Gasteiger partial charge in [0.1, 0.15) is 22.9 Å². The number of piperazine rings is 1. The van der Waals surface area contributed by atoms with Crippen molar-refractivity contribution in [2.45, 2.75) is 49.8 Å². The van der Waals surface area contributed by atoms with Gasteiger partial charge in [0.2, 0.25) is 21.8 Å². The third-order valence-corrected chi connectivity index (χ3v) is 8.83. The average Bonchev–Trinajstić information content (AvgIpc) is 2.81. The quantitative estimate of drug-likeness (QED) is 0.561. The van der Waals surface area contributed by atoms with Crippen molar-refractivity contribution in [3.05, 3.63) is 58.1 Å². The van der Waals surface area contributed by atoms with E-state index in [9.17, 15) is 18.0 Å². The Morgan fingerprint density at radius 2 is 1.71 bits per heavy atom. The molecule has 35 heavy (non-hydrogen) atoms. The fourth-order valence-corrected chi connectivity index (χ4v) is 6.80. The molecule has 2 heterocycles. The van der Waals surface area contributed by atoms with Crippen molar-refractivity contribution in [1.82, 2.24) is 14.1 Å². The van der Waals surface area contributed by atoms with Gasteiger partial charge in [0.15, 0.2) is 0 Å². The Morgan fingerprint density at radius 1 is 1.06 bits per heavy atom. The number of benzene rings is 2. The smallest absolute Gasteiger partial charge is 0.248 e. The van der Waals surface area contributed by atoms with Gasteiger partial charge in [0.25, 0.3) is 0 Å². The summed E-state index contributed by atoms with van der Waals surface area (Å²) < 4.78 is 34.3. The van der Waals surface area contributed by atoms with E-state index in [0.717, 1.165) is 5.56 Å². The molecule has 2 unspecified atom stereocenters. The zero-order valence-electron chi connectivity index (χ0n) is 19.6. The summed E-state index contributed by atoms with van der Waals surface area (Å²) in [6.45, 7) is 3.81. The molecule has 4 rings (SSSR count). The van der Waals surface area contributed by atoms with Crippen LogP contribution in [0.1, 0.15) is 25.8 Å². The molecule has 2 aromatic carbocycles. The maximum absolute atomic E-state index is 13.9. The number of ether oxygens (including phenoxy) is 1. The number of amides is 2. The van der Waals surface area contributed by atoms with Crippen LogP contribution in [0.2, 0.25) is 10.0 Å². The number of rotatable bonds is 6. The largest absolute Gasteiger partial charge is 0.495 e. The van der Waals surface area contributed by atoms with Gasteiger partial charge in [-0.15, -0.1) is 0 Å². The van der Waals surface area contributed by atoms with E-state index in [2.05, 4.69) is 0 Å². The predicted molar refractivity (Wildman–Crippen MR) is 133 cm³/mol. The van der Waals surface area contributed by atoms with Crippen LogP contribution in [0.5, 0.6) is 5.75 Å². The number of carbonyl (C=O) groups is 2. The number of hydrogen-bond donors (Lipinski definition) is 0. The molecule has 2 fully saturated rings. The molecule has 2 atom stereocenters. The molecule has 2 aliphatic rings. The highest BCUT2D eigenvalue weighted by atomic mass is 35.5. The summed E-state index contributed by atoms with van der Waals surface area (Å²) in [4.78, 5) is 29.7. The normalized spacial score (nSPS) is 21.4. The maximum atomic E-state index is 13.9. The zero-order valence-corrected chi connectivity index (χ0v) is 22.0. The lowest BCUT2D eigenvalue weighted by molar-refractivity contribution is -0.166. The molecule has 188 valence electrons. The second kappa shape index (κ2) is 9.97. The molecule has 0 saturated carbocycles. The number of carbonyl (C=O) groups excluding carboxylic acids is 2. The Morgan fingerprint density at radius 3 is 2.34 bits per heavy atom. The van der Waals surface area contributed by atoms with E-state index < -0.39 is 22.2 Å². The summed E-state index contributed by atoms with van der Waals surface area (Å²) >= 11 is 12.1. The van der Waals surface area contributed by atoms with E-state index in [4.69, 9.17) is 27.9 Å². The molecule has 0 aliphatic carbocycles. The summed E-state index contributed by atoms with van der Waals surface area (Å²) in [5.74, 6) is -0.308. The fraction of sp³-hybridized carbons (Fsp3) is 0.417. The van der Waals surface area contributed by atoms with Crippen molar-refractivity contribution in [3.63, 3.8) is 0 Å². The summed E-state index contributed by atoms with van der Waals surface area (Å²) in [6, 6.07) is 10.4. The molecule has 0 aromatic heterocycles.